The van der Waals surface area contributed by atoms with Gasteiger partial charge in [-0.1, -0.05) is 6.92 Å². The van der Waals surface area contributed by atoms with Crippen LogP contribution in [0.3, 0.4) is 0 Å². The van der Waals surface area contributed by atoms with Crippen LogP contribution < -0.4 is 0 Å². The monoisotopic (exact) mass is 168 g/mol. The van der Waals surface area contributed by atoms with Crippen molar-refractivity contribution in [1.29, 1.82) is 0 Å². The van der Waals surface area contributed by atoms with Gasteiger partial charge in [0.25, 0.3) is 0 Å². The molecule has 0 amide bonds. The highest BCUT2D eigenvalue weighted by Crippen LogP contribution is 2.51. The van der Waals surface area contributed by atoms with Crippen LogP contribution in [0.1, 0.15) is 32.6 Å². The number of hydrogen-bond acceptors (Lipinski definition) is 2. The van der Waals surface area contributed by atoms with Crippen LogP contribution >= 0.6 is 0 Å². The molecular weight excluding hydrogens is 156 g/mol. The van der Waals surface area contributed by atoms with Gasteiger partial charge >= 0.3 is 0 Å². The Morgan fingerprint density at radius 3 is 2.92 bits per heavy atom. The zero-order valence-corrected chi connectivity index (χ0v) is 7.12. The van der Waals surface area contributed by atoms with Gasteiger partial charge in [0.15, 0.2) is 5.03 Å². The smallest absolute Gasteiger partial charge is 0.190 e. The van der Waals surface area contributed by atoms with Crippen molar-refractivity contribution in [3.8, 4) is 0 Å². The average Bonchev–Trinajstić information content (AvgIpc) is 2.42. The van der Waals surface area contributed by atoms with Crippen LogP contribution in [0.25, 0.3) is 0 Å². The quantitative estimate of drug-likeness (QED) is 0.443. The molecule has 0 saturated heterocycles. The summed E-state index contributed by atoms with van der Waals surface area (Å²) in [4.78, 5) is 10.2. The molecule has 12 heavy (non-hydrogen) atoms. The molecule has 0 spiro atoms. The predicted molar refractivity (Wildman–Crippen MR) is 44.5 cm³/mol. The summed E-state index contributed by atoms with van der Waals surface area (Å²) in [6.45, 7) is 2.10. The summed E-state index contributed by atoms with van der Waals surface area (Å²) in [6.07, 6.45) is 4.29. The molecule has 0 N–H and O–H groups in total. The summed E-state index contributed by atoms with van der Waals surface area (Å²) < 4.78 is 0. The molecule has 0 aliphatic heterocycles. The molecule has 4 heteroatoms. The van der Waals surface area contributed by atoms with Crippen LogP contribution in [-0.2, 0) is 0 Å². The maximum absolute atomic E-state index is 10.2. The number of fused-ring (bicyclic) bond motifs is 2. The number of nitro groups is 1. The van der Waals surface area contributed by atoms with Gasteiger partial charge in [0, 0.05) is 5.41 Å². The number of hydrazone groups is 1. The second kappa shape index (κ2) is 2.28. The van der Waals surface area contributed by atoms with Crippen molar-refractivity contribution in [1.82, 2.24) is 0 Å². The molecule has 2 unspecified atom stereocenters. The fourth-order valence-corrected chi connectivity index (χ4v) is 2.58. The van der Waals surface area contributed by atoms with E-state index in [0.717, 1.165) is 25.0 Å². The van der Waals surface area contributed by atoms with Crippen LogP contribution in [0.2, 0.25) is 0 Å². The predicted octanol–water partition coefficient (Wildman–Crippen LogP) is 1.83. The third-order valence-electron chi connectivity index (χ3n) is 3.22. The lowest BCUT2D eigenvalue weighted by Gasteiger charge is -2.19. The fourth-order valence-electron chi connectivity index (χ4n) is 2.58. The van der Waals surface area contributed by atoms with E-state index in [1.807, 2.05) is 0 Å². The first-order valence-electron chi connectivity index (χ1n) is 4.32. The molecule has 2 saturated carbocycles. The lowest BCUT2D eigenvalue weighted by molar-refractivity contribution is -0.485. The Hall–Kier alpha value is -0.930. The summed E-state index contributed by atoms with van der Waals surface area (Å²) in [7, 11) is 0. The van der Waals surface area contributed by atoms with Gasteiger partial charge in [0.2, 0.25) is 0 Å². The molecule has 2 aliphatic rings. The third kappa shape index (κ3) is 1.02. The molecule has 2 aliphatic carbocycles. The van der Waals surface area contributed by atoms with E-state index < -0.39 is 5.03 Å². The van der Waals surface area contributed by atoms with Crippen LogP contribution in [0.15, 0.2) is 5.10 Å². The highest BCUT2D eigenvalue weighted by Gasteiger charge is 2.48. The van der Waals surface area contributed by atoms with Crippen molar-refractivity contribution in [2.24, 2.45) is 16.4 Å². The molecule has 0 heterocycles. The molecule has 0 aromatic carbocycles. The first-order valence-corrected chi connectivity index (χ1v) is 4.32. The van der Waals surface area contributed by atoms with E-state index in [0.29, 0.717) is 5.92 Å². The zero-order valence-electron chi connectivity index (χ0n) is 7.12. The Kier molecular flexibility index (Phi) is 1.46. The van der Waals surface area contributed by atoms with Crippen molar-refractivity contribution in [3.05, 3.63) is 10.1 Å². The number of rotatable bonds is 1. The van der Waals surface area contributed by atoms with E-state index in [1.54, 1.807) is 0 Å². The standard InChI is InChI=1S/C8H12N2O2/c1-8-3-2-6(5-8)4-7(8)9-10(11)12/h6H,2-5H2,1H3. The van der Waals surface area contributed by atoms with Crippen LogP contribution in [0, 0.1) is 21.4 Å². The highest BCUT2D eigenvalue weighted by molar-refractivity contribution is 5.92. The topological polar surface area (TPSA) is 55.5 Å². The van der Waals surface area contributed by atoms with E-state index in [1.165, 1.54) is 6.42 Å². The molecule has 0 aromatic rings. The van der Waals surface area contributed by atoms with Crippen molar-refractivity contribution in [2.75, 3.05) is 0 Å². The van der Waals surface area contributed by atoms with Crippen molar-refractivity contribution in [2.45, 2.75) is 32.6 Å². The minimum atomic E-state index is -0.554. The Morgan fingerprint density at radius 1 is 1.75 bits per heavy atom. The molecule has 2 atom stereocenters. The number of hydrogen-bond donors (Lipinski definition) is 0. The Balaban J connectivity index is 2.25. The maximum atomic E-state index is 10.2. The van der Waals surface area contributed by atoms with Crippen molar-refractivity contribution >= 4 is 5.71 Å². The Bertz CT molecular complexity index is 262. The van der Waals surface area contributed by atoms with Crippen LogP contribution in [0.4, 0.5) is 0 Å². The van der Waals surface area contributed by atoms with E-state index >= 15 is 0 Å². The number of nitrogens with zero attached hydrogens (tertiary/aromatic N) is 2. The van der Waals surface area contributed by atoms with E-state index in [-0.39, 0.29) is 5.41 Å². The van der Waals surface area contributed by atoms with E-state index in [4.69, 9.17) is 0 Å². The minimum Gasteiger partial charge on any atom is -0.233 e. The largest absolute Gasteiger partial charge is 0.233 e. The lowest BCUT2D eigenvalue weighted by Crippen LogP contribution is -2.22. The van der Waals surface area contributed by atoms with E-state index in [2.05, 4.69) is 12.0 Å². The van der Waals surface area contributed by atoms with E-state index in [9.17, 15) is 10.1 Å². The second-order valence-electron chi connectivity index (χ2n) is 4.16. The van der Waals surface area contributed by atoms with Crippen LogP contribution in [-0.4, -0.2) is 10.7 Å². The van der Waals surface area contributed by atoms with Crippen molar-refractivity contribution in [3.63, 3.8) is 0 Å². The van der Waals surface area contributed by atoms with Crippen molar-refractivity contribution < 1.29 is 5.03 Å². The first kappa shape index (κ1) is 7.71. The van der Waals surface area contributed by atoms with Gasteiger partial charge in [0.05, 0.1) is 10.8 Å². The molecular formula is C8H12N2O2. The summed E-state index contributed by atoms with van der Waals surface area (Å²) in [5.74, 6) is 0.675. The first-order chi connectivity index (χ1) is 5.60. The summed E-state index contributed by atoms with van der Waals surface area (Å²) in [5, 5.41) is 13.1. The van der Waals surface area contributed by atoms with Gasteiger partial charge < -0.3 is 0 Å². The second-order valence-corrected chi connectivity index (χ2v) is 4.16. The van der Waals surface area contributed by atoms with Gasteiger partial charge in [-0.25, -0.2) is 10.1 Å². The summed E-state index contributed by atoms with van der Waals surface area (Å²) >= 11 is 0. The highest BCUT2D eigenvalue weighted by atomic mass is 16.7. The molecule has 2 bridgehead atoms. The van der Waals surface area contributed by atoms with Gasteiger partial charge in [0.1, 0.15) is 0 Å². The molecule has 0 aromatic heterocycles. The zero-order chi connectivity index (χ0) is 8.77. The SMILES string of the molecule is CC12CCC(CC1=N[N+](=O)[O-])C2. The van der Waals surface area contributed by atoms with Gasteiger partial charge in [-0.3, -0.25) is 0 Å². The van der Waals surface area contributed by atoms with Gasteiger partial charge in [-0.15, -0.1) is 0 Å². The molecule has 2 rings (SSSR count). The summed E-state index contributed by atoms with van der Waals surface area (Å²) in [5.41, 5.74) is 0.890. The lowest BCUT2D eigenvalue weighted by atomic mass is 9.85. The average molecular weight is 168 g/mol. The fraction of sp³-hybridized carbons (Fsp3) is 0.875. The molecule has 66 valence electrons. The van der Waals surface area contributed by atoms with Gasteiger partial charge in [-0.05, 0) is 31.6 Å². The van der Waals surface area contributed by atoms with Crippen LogP contribution in [0.5, 0.6) is 0 Å². The summed E-state index contributed by atoms with van der Waals surface area (Å²) in [6, 6.07) is 0. The molecule has 4 nitrogen and oxygen atoms in total. The third-order valence-corrected chi connectivity index (χ3v) is 3.22. The maximum Gasteiger partial charge on any atom is 0.190 e. The normalized spacial score (nSPS) is 42.4. The molecule has 2 fully saturated rings. The molecule has 0 radical (unpaired) electrons. The minimum absolute atomic E-state index is 0.0672. The van der Waals surface area contributed by atoms with Gasteiger partial charge in [-0.2, -0.15) is 0 Å². The Labute approximate surface area is 70.8 Å². The Morgan fingerprint density at radius 2 is 2.50 bits per heavy atom.